The smallest absolute Gasteiger partial charge is 0.407 e. The van der Waals surface area contributed by atoms with Crippen molar-refractivity contribution in [1.82, 2.24) is 9.88 Å². The lowest BCUT2D eigenvalue weighted by Gasteiger charge is -2.38. The number of carbonyl (C=O) groups is 1. The monoisotopic (exact) mass is 344 g/mol. The molecule has 0 bridgehead atoms. The molecule has 2 rings (SSSR count). The Hall–Kier alpha value is -1.90. The molecule has 9 heteroatoms. The van der Waals surface area contributed by atoms with Crippen molar-refractivity contribution in [3.05, 3.63) is 26.9 Å². The van der Waals surface area contributed by atoms with Crippen LogP contribution in [-0.2, 0) is 0 Å². The van der Waals surface area contributed by atoms with Gasteiger partial charge in [-0.1, -0.05) is 0 Å². The van der Waals surface area contributed by atoms with Crippen LogP contribution in [-0.4, -0.2) is 51.7 Å². The van der Waals surface area contributed by atoms with Crippen LogP contribution in [0.15, 0.2) is 16.7 Å². The number of aromatic nitrogens is 1. The lowest BCUT2D eigenvalue weighted by atomic mass is 10.2. The van der Waals surface area contributed by atoms with Crippen molar-refractivity contribution >= 4 is 33.5 Å². The van der Waals surface area contributed by atoms with Crippen molar-refractivity contribution in [3.8, 4) is 0 Å². The molecule has 0 unspecified atom stereocenters. The standard InChI is InChI=1S/C11H13BrN4O4/c1-7-6-14(11(17)18)2-3-15(7)10-9(16(19)20)4-8(12)5-13-10/h4-5,7H,2-3,6H2,1H3,(H,17,18)/t7-/m0/s1. The highest BCUT2D eigenvalue weighted by Crippen LogP contribution is 2.30. The average molecular weight is 345 g/mol. The molecular formula is C11H13BrN4O4. The van der Waals surface area contributed by atoms with Crippen molar-refractivity contribution in [2.24, 2.45) is 0 Å². The number of nitro groups is 1. The van der Waals surface area contributed by atoms with Gasteiger partial charge in [-0.25, -0.2) is 9.78 Å². The van der Waals surface area contributed by atoms with Gasteiger partial charge in [-0.15, -0.1) is 0 Å². The van der Waals surface area contributed by atoms with Crippen LogP contribution < -0.4 is 4.90 Å². The van der Waals surface area contributed by atoms with Crippen molar-refractivity contribution in [1.29, 1.82) is 0 Å². The molecule has 8 nitrogen and oxygen atoms in total. The SMILES string of the molecule is C[C@H]1CN(C(=O)O)CCN1c1ncc(Br)cc1[N+](=O)[O-]. The third kappa shape index (κ3) is 2.82. The summed E-state index contributed by atoms with van der Waals surface area (Å²) in [4.78, 5) is 28.7. The molecule has 108 valence electrons. The van der Waals surface area contributed by atoms with Gasteiger partial charge < -0.3 is 14.9 Å². The molecule has 1 atom stereocenters. The zero-order chi connectivity index (χ0) is 14.9. The van der Waals surface area contributed by atoms with Crippen molar-refractivity contribution < 1.29 is 14.8 Å². The molecule has 2 heterocycles. The van der Waals surface area contributed by atoms with E-state index in [1.807, 2.05) is 6.92 Å². The third-order valence-corrected chi connectivity index (χ3v) is 3.61. The summed E-state index contributed by atoms with van der Waals surface area (Å²) in [7, 11) is 0. The quantitative estimate of drug-likeness (QED) is 0.650. The number of piperazine rings is 1. The van der Waals surface area contributed by atoms with Gasteiger partial charge in [0, 0.05) is 42.4 Å². The molecule has 1 aliphatic heterocycles. The summed E-state index contributed by atoms with van der Waals surface area (Å²) in [6.07, 6.45) is 0.522. The van der Waals surface area contributed by atoms with Crippen LogP contribution in [0.4, 0.5) is 16.3 Å². The summed E-state index contributed by atoms with van der Waals surface area (Å²) < 4.78 is 0.532. The van der Waals surface area contributed by atoms with E-state index in [1.165, 1.54) is 17.2 Å². The molecule has 0 aromatic carbocycles. The highest BCUT2D eigenvalue weighted by atomic mass is 79.9. The van der Waals surface area contributed by atoms with Crippen molar-refractivity contribution in [2.75, 3.05) is 24.5 Å². The van der Waals surface area contributed by atoms with Gasteiger partial charge in [-0.05, 0) is 22.9 Å². The Morgan fingerprint density at radius 1 is 1.60 bits per heavy atom. The molecule has 0 saturated carbocycles. The molecular weight excluding hydrogens is 332 g/mol. The highest BCUT2D eigenvalue weighted by molar-refractivity contribution is 9.10. The minimum absolute atomic E-state index is 0.0880. The zero-order valence-corrected chi connectivity index (χ0v) is 12.3. The number of anilines is 1. The molecule has 0 aliphatic carbocycles. The van der Waals surface area contributed by atoms with E-state index >= 15 is 0 Å². The van der Waals surface area contributed by atoms with Crippen LogP contribution in [0.5, 0.6) is 0 Å². The first kappa shape index (κ1) is 14.5. The number of carboxylic acid groups (broad SMARTS) is 1. The molecule has 1 N–H and O–H groups in total. The number of hydrogen-bond acceptors (Lipinski definition) is 5. The Morgan fingerprint density at radius 3 is 2.85 bits per heavy atom. The zero-order valence-electron chi connectivity index (χ0n) is 10.7. The van der Waals surface area contributed by atoms with Gasteiger partial charge in [-0.2, -0.15) is 0 Å². The van der Waals surface area contributed by atoms with E-state index in [4.69, 9.17) is 5.11 Å². The first-order valence-electron chi connectivity index (χ1n) is 5.94. The first-order chi connectivity index (χ1) is 9.40. The largest absolute Gasteiger partial charge is 0.465 e. The summed E-state index contributed by atoms with van der Waals surface area (Å²) in [5.74, 6) is 0.274. The van der Waals surface area contributed by atoms with Crippen LogP contribution >= 0.6 is 15.9 Å². The van der Waals surface area contributed by atoms with Crippen LogP contribution in [0, 0.1) is 10.1 Å². The number of hydrogen-bond donors (Lipinski definition) is 1. The number of rotatable bonds is 2. The average Bonchev–Trinajstić information content (AvgIpc) is 2.38. The van der Waals surface area contributed by atoms with Crippen LogP contribution in [0.1, 0.15) is 6.92 Å². The van der Waals surface area contributed by atoms with E-state index in [1.54, 1.807) is 4.90 Å². The maximum atomic E-state index is 11.1. The van der Waals surface area contributed by atoms with E-state index in [0.717, 1.165) is 0 Å². The predicted molar refractivity (Wildman–Crippen MR) is 75.0 cm³/mol. The summed E-state index contributed by atoms with van der Waals surface area (Å²) in [5, 5.41) is 20.1. The number of halogens is 1. The molecule has 1 aromatic rings. The molecule has 1 aromatic heterocycles. The maximum absolute atomic E-state index is 11.1. The number of amides is 1. The molecule has 20 heavy (non-hydrogen) atoms. The van der Waals surface area contributed by atoms with Gasteiger partial charge in [0.15, 0.2) is 0 Å². The van der Waals surface area contributed by atoms with Gasteiger partial charge in [0.05, 0.1) is 4.92 Å². The Labute approximate surface area is 123 Å². The van der Waals surface area contributed by atoms with Gasteiger partial charge in [-0.3, -0.25) is 10.1 Å². The van der Waals surface area contributed by atoms with E-state index < -0.39 is 11.0 Å². The molecule has 0 spiro atoms. The highest BCUT2D eigenvalue weighted by Gasteiger charge is 2.31. The van der Waals surface area contributed by atoms with Crippen LogP contribution in [0.3, 0.4) is 0 Å². The minimum atomic E-state index is -0.977. The summed E-state index contributed by atoms with van der Waals surface area (Å²) in [6, 6.07) is 1.23. The second-order valence-electron chi connectivity index (χ2n) is 4.52. The molecule has 1 saturated heterocycles. The number of nitrogens with zero attached hydrogens (tertiary/aromatic N) is 4. The fourth-order valence-corrected chi connectivity index (χ4v) is 2.54. The number of pyridine rings is 1. The van der Waals surface area contributed by atoms with E-state index in [9.17, 15) is 14.9 Å². The fourth-order valence-electron chi connectivity index (χ4n) is 2.22. The Bertz CT molecular complexity index is 553. The maximum Gasteiger partial charge on any atom is 0.407 e. The third-order valence-electron chi connectivity index (χ3n) is 3.18. The minimum Gasteiger partial charge on any atom is -0.465 e. The van der Waals surface area contributed by atoms with Gasteiger partial charge in [0.1, 0.15) is 0 Å². The predicted octanol–water partition coefficient (Wildman–Crippen LogP) is 1.94. The van der Waals surface area contributed by atoms with E-state index in [2.05, 4.69) is 20.9 Å². The Morgan fingerprint density at radius 2 is 2.30 bits per heavy atom. The van der Waals surface area contributed by atoms with Crippen LogP contribution in [0.2, 0.25) is 0 Å². The second kappa shape index (κ2) is 5.61. The van der Waals surface area contributed by atoms with E-state index in [0.29, 0.717) is 24.1 Å². The summed E-state index contributed by atoms with van der Waals surface area (Å²) >= 11 is 3.16. The lowest BCUT2D eigenvalue weighted by Crippen LogP contribution is -2.53. The van der Waals surface area contributed by atoms with Crippen molar-refractivity contribution in [3.63, 3.8) is 0 Å². The van der Waals surface area contributed by atoms with Crippen LogP contribution in [0.25, 0.3) is 0 Å². The fraction of sp³-hybridized carbons (Fsp3) is 0.455. The normalized spacial score (nSPS) is 19.0. The molecule has 1 aliphatic rings. The molecule has 1 fully saturated rings. The molecule has 1 amide bonds. The topological polar surface area (TPSA) is 99.8 Å². The molecule has 0 radical (unpaired) electrons. The lowest BCUT2D eigenvalue weighted by molar-refractivity contribution is -0.384. The first-order valence-corrected chi connectivity index (χ1v) is 6.74. The second-order valence-corrected chi connectivity index (χ2v) is 5.44. The summed E-state index contributed by atoms with van der Waals surface area (Å²) in [5.41, 5.74) is -0.0880. The Kier molecular flexibility index (Phi) is 4.07. The van der Waals surface area contributed by atoms with E-state index in [-0.39, 0.29) is 17.5 Å². The summed E-state index contributed by atoms with van der Waals surface area (Å²) in [6.45, 7) is 2.80. The Balaban J connectivity index is 2.29. The van der Waals surface area contributed by atoms with Gasteiger partial charge >= 0.3 is 11.8 Å². The van der Waals surface area contributed by atoms with Gasteiger partial charge in [0.2, 0.25) is 5.82 Å². The van der Waals surface area contributed by atoms with Gasteiger partial charge in [0.25, 0.3) is 0 Å². The van der Waals surface area contributed by atoms with Crippen molar-refractivity contribution in [2.45, 2.75) is 13.0 Å².